The molecule has 3 heterocycles. The maximum Gasteiger partial charge on any atom is 0.273 e. The quantitative estimate of drug-likeness (QED) is 0.257. The van der Waals surface area contributed by atoms with Crippen LogP contribution in [0, 0.1) is 5.82 Å². The van der Waals surface area contributed by atoms with Gasteiger partial charge in [0.25, 0.3) is 5.91 Å². The molecule has 1 aliphatic rings. The molecule has 0 spiro atoms. The molecule has 180 valence electrons. The van der Waals surface area contributed by atoms with Crippen LogP contribution in [0.5, 0.6) is 0 Å². The Morgan fingerprint density at radius 2 is 1.47 bits per heavy atom. The predicted molar refractivity (Wildman–Crippen MR) is 144 cm³/mol. The van der Waals surface area contributed by atoms with E-state index in [0.717, 1.165) is 59.4 Å². The molecule has 0 radical (unpaired) electrons. The molecule has 2 aromatic heterocycles. The van der Waals surface area contributed by atoms with E-state index >= 15 is 0 Å². The van der Waals surface area contributed by atoms with E-state index in [4.69, 9.17) is 23.2 Å². The molecule has 0 fully saturated rings. The highest BCUT2D eigenvalue weighted by atomic mass is 35.5. The standard InChI is InChI=1S/C29H22Cl2FN3O/c30-20-8-4-18(5-9-20)25-17-35-27(28(36)33-23-14-10-21(31)11-15-23)26(19-6-12-22(32)13-7-19)24-3-1-2-16-34(25)29(24)35/h4-15,17H,1-3,16H2,(H,33,36). The molecule has 36 heavy (non-hydrogen) atoms. The zero-order valence-electron chi connectivity index (χ0n) is 19.3. The number of imidazole rings is 1. The monoisotopic (exact) mass is 517 g/mol. The van der Waals surface area contributed by atoms with Gasteiger partial charge in [0.1, 0.15) is 17.2 Å². The molecular weight excluding hydrogens is 496 g/mol. The van der Waals surface area contributed by atoms with Crippen LogP contribution in [0.4, 0.5) is 10.1 Å². The van der Waals surface area contributed by atoms with Crippen molar-refractivity contribution >= 4 is 40.4 Å². The second-order valence-electron chi connectivity index (χ2n) is 8.99. The molecule has 0 atom stereocenters. The second-order valence-corrected chi connectivity index (χ2v) is 9.87. The largest absolute Gasteiger partial charge is 0.325 e. The lowest BCUT2D eigenvalue weighted by atomic mass is 9.97. The first-order valence-corrected chi connectivity index (χ1v) is 12.6. The molecular formula is C29H22Cl2FN3O. The van der Waals surface area contributed by atoms with Crippen LogP contribution in [0.25, 0.3) is 28.0 Å². The van der Waals surface area contributed by atoms with Crippen molar-refractivity contribution in [1.82, 2.24) is 8.97 Å². The Morgan fingerprint density at radius 3 is 2.17 bits per heavy atom. The molecule has 0 bridgehead atoms. The number of amides is 1. The summed E-state index contributed by atoms with van der Waals surface area (Å²) >= 11 is 12.2. The summed E-state index contributed by atoms with van der Waals surface area (Å²) in [5, 5.41) is 4.30. The SMILES string of the molecule is O=C(Nc1ccc(Cl)cc1)c1c(-c2ccc(F)cc2)c2c3n(c(-c4ccc(Cl)cc4)cn13)CCCC2. The number of aryl methyl sites for hydroxylation is 2. The van der Waals surface area contributed by atoms with Crippen LogP contribution in [0.3, 0.4) is 0 Å². The Hall–Kier alpha value is -3.54. The van der Waals surface area contributed by atoms with E-state index in [2.05, 4.69) is 9.88 Å². The van der Waals surface area contributed by atoms with Crippen molar-refractivity contribution in [3.8, 4) is 22.4 Å². The number of rotatable bonds is 4. The minimum absolute atomic E-state index is 0.238. The first-order chi connectivity index (χ1) is 17.5. The fourth-order valence-electron chi connectivity index (χ4n) is 5.11. The molecule has 1 aliphatic heterocycles. The highest BCUT2D eigenvalue weighted by Gasteiger charge is 2.29. The summed E-state index contributed by atoms with van der Waals surface area (Å²) < 4.78 is 18.1. The topological polar surface area (TPSA) is 38.4 Å². The van der Waals surface area contributed by atoms with Crippen molar-refractivity contribution in [3.05, 3.63) is 106 Å². The minimum atomic E-state index is -0.310. The smallest absolute Gasteiger partial charge is 0.273 e. The van der Waals surface area contributed by atoms with Crippen molar-refractivity contribution in [1.29, 1.82) is 0 Å². The van der Waals surface area contributed by atoms with E-state index in [1.54, 1.807) is 36.4 Å². The summed E-state index contributed by atoms with van der Waals surface area (Å²) in [6.45, 7) is 0.840. The molecule has 7 heteroatoms. The van der Waals surface area contributed by atoms with Gasteiger partial charge in [-0.3, -0.25) is 9.20 Å². The summed E-state index contributed by atoms with van der Waals surface area (Å²) in [6, 6.07) is 21.2. The number of hydrogen-bond acceptors (Lipinski definition) is 1. The van der Waals surface area contributed by atoms with Crippen LogP contribution in [0.2, 0.25) is 10.0 Å². The molecule has 1 amide bonds. The van der Waals surface area contributed by atoms with Crippen LogP contribution in [0.1, 0.15) is 28.9 Å². The number of hydrogen-bond donors (Lipinski definition) is 1. The number of nitrogens with one attached hydrogen (secondary N) is 1. The number of anilines is 1. The third-order valence-electron chi connectivity index (χ3n) is 6.72. The molecule has 6 rings (SSSR count). The van der Waals surface area contributed by atoms with Crippen molar-refractivity contribution in [2.24, 2.45) is 0 Å². The van der Waals surface area contributed by atoms with Crippen molar-refractivity contribution in [3.63, 3.8) is 0 Å². The van der Waals surface area contributed by atoms with Gasteiger partial charge in [0.2, 0.25) is 0 Å². The van der Waals surface area contributed by atoms with Gasteiger partial charge in [-0.15, -0.1) is 0 Å². The van der Waals surface area contributed by atoms with Gasteiger partial charge in [0.05, 0.1) is 5.69 Å². The molecule has 0 saturated carbocycles. The third kappa shape index (κ3) is 3.98. The maximum atomic E-state index is 13.8. The van der Waals surface area contributed by atoms with Gasteiger partial charge < -0.3 is 9.88 Å². The van der Waals surface area contributed by atoms with Crippen LogP contribution < -0.4 is 5.32 Å². The van der Waals surface area contributed by atoms with Gasteiger partial charge >= 0.3 is 0 Å². The number of aromatic nitrogens is 2. The zero-order chi connectivity index (χ0) is 24.8. The van der Waals surface area contributed by atoms with E-state index in [0.29, 0.717) is 21.4 Å². The predicted octanol–water partition coefficient (Wildman–Crippen LogP) is 8.11. The zero-order valence-corrected chi connectivity index (χ0v) is 20.8. The summed E-state index contributed by atoms with van der Waals surface area (Å²) in [5.41, 5.74) is 6.98. The molecule has 4 nitrogen and oxygen atoms in total. The van der Waals surface area contributed by atoms with Crippen LogP contribution in [-0.4, -0.2) is 14.9 Å². The van der Waals surface area contributed by atoms with E-state index in [1.165, 1.54) is 12.1 Å². The first kappa shape index (κ1) is 22.9. The van der Waals surface area contributed by atoms with E-state index in [1.807, 2.05) is 34.9 Å². The lowest BCUT2D eigenvalue weighted by Gasteiger charge is -2.10. The Labute approximate surface area is 217 Å². The number of carbonyl (C=O) groups is 1. The number of nitrogens with zero attached hydrogens (tertiary/aromatic N) is 2. The second kappa shape index (κ2) is 9.16. The average molecular weight is 518 g/mol. The number of benzene rings is 3. The molecule has 0 aliphatic carbocycles. The Morgan fingerprint density at radius 1 is 0.833 bits per heavy atom. The molecule has 1 N–H and O–H groups in total. The van der Waals surface area contributed by atoms with Gasteiger partial charge in [0, 0.05) is 39.6 Å². The van der Waals surface area contributed by atoms with E-state index in [9.17, 15) is 9.18 Å². The fraction of sp³-hybridized carbons (Fsp3) is 0.138. The van der Waals surface area contributed by atoms with Crippen LogP contribution >= 0.6 is 23.2 Å². The number of carbonyl (C=O) groups excluding carboxylic acids is 1. The maximum absolute atomic E-state index is 13.8. The lowest BCUT2D eigenvalue weighted by Crippen LogP contribution is -2.15. The first-order valence-electron chi connectivity index (χ1n) is 11.8. The van der Waals surface area contributed by atoms with E-state index in [-0.39, 0.29) is 11.7 Å². The average Bonchev–Trinajstić information content (AvgIpc) is 3.29. The van der Waals surface area contributed by atoms with Gasteiger partial charge in [-0.2, -0.15) is 0 Å². The van der Waals surface area contributed by atoms with Gasteiger partial charge in [-0.25, -0.2) is 4.39 Å². The van der Waals surface area contributed by atoms with Crippen molar-refractivity contribution < 1.29 is 9.18 Å². The van der Waals surface area contributed by atoms with Gasteiger partial charge in [0.15, 0.2) is 0 Å². The third-order valence-corrected chi connectivity index (χ3v) is 7.23. The molecule has 0 saturated heterocycles. The highest BCUT2D eigenvalue weighted by Crippen LogP contribution is 2.40. The Kier molecular flexibility index (Phi) is 5.82. The summed E-state index contributed by atoms with van der Waals surface area (Å²) in [4.78, 5) is 13.8. The van der Waals surface area contributed by atoms with Crippen molar-refractivity contribution in [2.75, 3.05) is 5.32 Å². The molecule has 3 aromatic carbocycles. The molecule has 5 aromatic rings. The summed E-state index contributed by atoms with van der Waals surface area (Å²) in [7, 11) is 0. The fourth-order valence-corrected chi connectivity index (χ4v) is 5.36. The minimum Gasteiger partial charge on any atom is -0.325 e. The Bertz CT molecular complexity index is 1580. The van der Waals surface area contributed by atoms with Crippen molar-refractivity contribution in [2.45, 2.75) is 25.8 Å². The lowest BCUT2D eigenvalue weighted by molar-refractivity contribution is 0.102. The van der Waals surface area contributed by atoms with Crippen LogP contribution in [0.15, 0.2) is 79.0 Å². The van der Waals surface area contributed by atoms with Crippen LogP contribution in [-0.2, 0) is 13.0 Å². The highest BCUT2D eigenvalue weighted by molar-refractivity contribution is 6.31. The van der Waals surface area contributed by atoms with Gasteiger partial charge in [-0.1, -0.05) is 47.5 Å². The summed E-state index contributed by atoms with van der Waals surface area (Å²) in [5.74, 6) is -0.548. The molecule has 0 unspecified atom stereocenters. The number of halogens is 3. The Balaban J connectivity index is 1.60. The van der Waals surface area contributed by atoms with Gasteiger partial charge in [-0.05, 0) is 78.9 Å². The van der Waals surface area contributed by atoms with E-state index < -0.39 is 0 Å². The summed E-state index contributed by atoms with van der Waals surface area (Å²) in [6.07, 6.45) is 4.87. The normalized spacial score (nSPS) is 13.1.